The average Bonchev–Trinajstić information content (AvgIpc) is 3.38. The minimum absolute atomic E-state index is 0.279. The lowest BCUT2D eigenvalue weighted by Crippen LogP contribution is -2.49. The van der Waals surface area contributed by atoms with Crippen LogP contribution in [-0.2, 0) is 10.0 Å². The van der Waals surface area contributed by atoms with Crippen molar-refractivity contribution in [1.29, 1.82) is 0 Å². The van der Waals surface area contributed by atoms with Crippen molar-refractivity contribution in [3.63, 3.8) is 0 Å². The van der Waals surface area contributed by atoms with Crippen molar-refractivity contribution in [1.82, 2.24) is 23.9 Å². The summed E-state index contributed by atoms with van der Waals surface area (Å²) in [5.41, 5.74) is 1.95. The summed E-state index contributed by atoms with van der Waals surface area (Å²) in [6.07, 6.45) is 5.31. The van der Waals surface area contributed by atoms with E-state index in [-0.39, 0.29) is 4.90 Å². The molecule has 182 valence electrons. The second-order valence-electron chi connectivity index (χ2n) is 8.40. The van der Waals surface area contributed by atoms with Gasteiger partial charge >= 0.3 is 0 Å². The molecule has 0 spiro atoms. The van der Waals surface area contributed by atoms with E-state index in [0.29, 0.717) is 44.3 Å². The number of hydrogen-bond donors (Lipinski definition) is 0. The van der Waals surface area contributed by atoms with Gasteiger partial charge in [0.1, 0.15) is 17.9 Å². The van der Waals surface area contributed by atoms with Gasteiger partial charge in [0.2, 0.25) is 10.0 Å². The number of sulfonamides is 1. The first-order valence-corrected chi connectivity index (χ1v) is 13.2. The number of anilines is 1. The molecule has 1 aliphatic rings. The zero-order valence-corrected chi connectivity index (χ0v) is 20.4. The van der Waals surface area contributed by atoms with Crippen LogP contribution < -0.4 is 9.64 Å². The Kier molecular flexibility index (Phi) is 6.65. The molecule has 1 fully saturated rings. The zero-order valence-electron chi connectivity index (χ0n) is 19.6. The molecule has 2 aromatic carbocycles. The van der Waals surface area contributed by atoms with Crippen LogP contribution >= 0.6 is 0 Å². The molecule has 1 saturated heterocycles. The molecule has 0 radical (unpaired) electrons. The van der Waals surface area contributed by atoms with Gasteiger partial charge < -0.3 is 9.64 Å². The summed E-state index contributed by atoms with van der Waals surface area (Å²) >= 11 is 0. The lowest BCUT2D eigenvalue weighted by Gasteiger charge is -2.36. The van der Waals surface area contributed by atoms with Gasteiger partial charge in [-0.2, -0.15) is 18.9 Å². The summed E-state index contributed by atoms with van der Waals surface area (Å²) in [6, 6.07) is 16.7. The maximum atomic E-state index is 13.3. The van der Waals surface area contributed by atoms with Gasteiger partial charge in [-0.1, -0.05) is 43.7 Å². The number of unbranched alkanes of at least 4 members (excludes halogenated alkanes) is 1. The second kappa shape index (κ2) is 10.0. The van der Waals surface area contributed by atoms with Gasteiger partial charge in [-0.3, -0.25) is 0 Å². The fourth-order valence-corrected chi connectivity index (χ4v) is 5.65. The van der Waals surface area contributed by atoms with E-state index >= 15 is 0 Å². The third kappa shape index (κ3) is 4.71. The van der Waals surface area contributed by atoms with Gasteiger partial charge in [0, 0.05) is 37.9 Å². The predicted octanol–water partition coefficient (Wildman–Crippen LogP) is 3.48. The quantitative estimate of drug-likeness (QED) is 0.348. The van der Waals surface area contributed by atoms with Gasteiger partial charge in [0.15, 0.2) is 0 Å². The van der Waals surface area contributed by atoms with Gasteiger partial charge in [0.05, 0.1) is 11.5 Å². The van der Waals surface area contributed by atoms with Crippen LogP contribution in [0.15, 0.2) is 72.0 Å². The average molecular weight is 493 g/mol. The maximum Gasteiger partial charge on any atom is 0.254 e. The van der Waals surface area contributed by atoms with E-state index in [0.717, 1.165) is 29.8 Å². The number of piperazine rings is 1. The maximum absolute atomic E-state index is 13.3. The fourth-order valence-electron chi connectivity index (χ4n) is 4.22. The number of nitrogens with zero attached hydrogens (tertiary/aromatic N) is 6. The minimum atomic E-state index is -3.60. The number of rotatable bonds is 8. The highest BCUT2D eigenvalue weighted by Crippen LogP contribution is 2.31. The normalized spacial score (nSPS) is 14.9. The number of aromatic nitrogens is 4. The molecule has 5 rings (SSSR count). The molecule has 4 aromatic rings. The van der Waals surface area contributed by atoms with E-state index in [1.807, 2.05) is 36.5 Å². The second-order valence-corrected chi connectivity index (χ2v) is 10.3. The van der Waals surface area contributed by atoms with Gasteiger partial charge in [-0.05, 0) is 36.2 Å². The Hall–Kier alpha value is -3.50. The molecule has 0 amide bonds. The van der Waals surface area contributed by atoms with E-state index in [1.54, 1.807) is 33.1 Å². The molecule has 0 saturated carbocycles. The molecule has 1 aliphatic heterocycles. The Morgan fingerprint density at radius 3 is 2.40 bits per heavy atom. The monoisotopic (exact) mass is 492 g/mol. The van der Waals surface area contributed by atoms with Crippen LogP contribution in [0.25, 0.3) is 16.9 Å². The third-order valence-corrected chi connectivity index (χ3v) is 8.04. The molecule has 10 heteroatoms. The topological polar surface area (TPSA) is 92.9 Å². The molecule has 0 bridgehead atoms. The van der Waals surface area contributed by atoms with Crippen LogP contribution in [0.2, 0.25) is 0 Å². The molecule has 3 heterocycles. The van der Waals surface area contributed by atoms with Crippen molar-refractivity contribution in [2.45, 2.75) is 24.7 Å². The largest absolute Gasteiger partial charge is 0.494 e. The molecular formula is C25H28N6O3S. The number of fused-ring (bicyclic) bond motifs is 1. The fraction of sp³-hybridized carbons (Fsp3) is 0.320. The summed E-state index contributed by atoms with van der Waals surface area (Å²) in [7, 11) is -3.60. The lowest BCUT2D eigenvalue weighted by atomic mass is 10.1. The Morgan fingerprint density at radius 2 is 1.69 bits per heavy atom. The molecule has 0 aliphatic carbocycles. The molecule has 9 nitrogen and oxygen atoms in total. The molecule has 0 N–H and O–H groups in total. The van der Waals surface area contributed by atoms with Gasteiger partial charge in [-0.15, -0.1) is 0 Å². The standard InChI is InChI=1S/C25H28N6O3S/c1-2-3-17-34-21-9-11-22(12-10-21)35(32,33)30-15-13-29(14-16-30)24-23(20-7-5-4-6-8-20)18-26-25-27-19-28-31(24)25/h4-12,18-19H,2-3,13-17H2,1H3. The molecule has 0 unspecified atom stereocenters. The van der Waals surface area contributed by atoms with Crippen LogP contribution in [0.4, 0.5) is 5.82 Å². The number of ether oxygens (including phenoxy) is 1. The first-order chi connectivity index (χ1) is 17.1. The zero-order chi connectivity index (χ0) is 24.3. The van der Waals surface area contributed by atoms with Crippen LogP contribution in [0.5, 0.6) is 5.75 Å². The van der Waals surface area contributed by atoms with E-state index < -0.39 is 10.0 Å². The minimum Gasteiger partial charge on any atom is -0.494 e. The first-order valence-electron chi connectivity index (χ1n) is 11.8. The molecule has 2 aromatic heterocycles. The molecule has 35 heavy (non-hydrogen) atoms. The van der Waals surface area contributed by atoms with Crippen molar-refractivity contribution in [3.8, 4) is 16.9 Å². The van der Waals surface area contributed by atoms with E-state index in [9.17, 15) is 8.42 Å². The summed E-state index contributed by atoms with van der Waals surface area (Å²) in [5, 5.41) is 4.39. The highest BCUT2D eigenvalue weighted by molar-refractivity contribution is 7.89. The van der Waals surface area contributed by atoms with Crippen LogP contribution in [0.3, 0.4) is 0 Å². The van der Waals surface area contributed by atoms with Gasteiger partial charge in [-0.25, -0.2) is 13.4 Å². The Balaban J connectivity index is 1.35. The van der Waals surface area contributed by atoms with Crippen molar-refractivity contribution in [3.05, 3.63) is 67.1 Å². The predicted molar refractivity (Wildman–Crippen MR) is 134 cm³/mol. The summed E-state index contributed by atoms with van der Waals surface area (Å²) < 4.78 is 35.5. The van der Waals surface area contributed by atoms with E-state index in [1.165, 1.54) is 6.33 Å². The summed E-state index contributed by atoms with van der Waals surface area (Å²) in [6.45, 7) is 4.51. The number of hydrogen-bond acceptors (Lipinski definition) is 7. The van der Waals surface area contributed by atoms with E-state index in [4.69, 9.17) is 4.74 Å². The highest BCUT2D eigenvalue weighted by atomic mass is 32.2. The molecule has 0 atom stereocenters. The van der Waals surface area contributed by atoms with Crippen LogP contribution in [0, 0.1) is 0 Å². The van der Waals surface area contributed by atoms with Crippen molar-refractivity contribution < 1.29 is 13.2 Å². The summed E-state index contributed by atoms with van der Waals surface area (Å²) in [5.74, 6) is 2.06. The third-order valence-electron chi connectivity index (χ3n) is 6.13. The highest BCUT2D eigenvalue weighted by Gasteiger charge is 2.30. The van der Waals surface area contributed by atoms with Crippen LogP contribution in [0.1, 0.15) is 19.8 Å². The Bertz CT molecular complexity index is 1380. The SMILES string of the molecule is CCCCOc1ccc(S(=O)(=O)N2CCN(c3c(-c4ccccc4)cnc4ncnn34)CC2)cc1. The van der Waals surface area contributed by atoms with Crippen molar-refractivity contribution >= 4 is 21.6 Å². The van der Waals surface area contributed by atoms with E-state index in [2.05, 4.69) is 26.9 Å². The van der Waals surface area contributed by atoms with Crippen molar-refractivity contribution in [2.24, 2.45) is 0 Å². The Morgan fingerprint density at radius 1 is 0.943 bits per heavy atom. The van der Waals surface area contributed by atoms with Gasteiger partial charge in [0.25, 0.3) is 5.78 Å². The Labute approximate surface area is 205 Å². The molecular weight excluding hydrogens is 464 g/mol. The first kappa shape index (κ1) is 23.3. The summed E-state index contributed by atoms with van der Waals surface area (Å²) in [4.78, 5) is 11.1. The number of benzene rings is 2. The smallest absolute Gasteiger partial charge is 0.254 e. The lowest BCUT2D eigenvalue weighted by molar-refractivity contribution is 0.309. The van der Waals surface area contributed by atoms with Crippen molar-refractivity contribution in [2.75, 3.05) is 37.7 Å². The van der Waals surface area contributed by atoms with Crippen LogP contribution in [-0.4, -0.2) is 65.1 Å².